The lowest BCUT2D eigenvalue weighted by molar-refractivity contribution is 0.0195. The summed E-state index contributed by atoms with van der Waals surface area (Å²) >= 11 is 12.0. The Bertz CT molecular complexity index is 638. The van der Waals surface area contributed by atoms with E-state index >= 15 is 0 Å². The average Bonchev–Trinajstić information content (AvgIpc) is 3.17. The lowest BCUT2D eigenvalue weighted by atomic mass is 10.2. The van der Waals surface area contributed by atoms with E-state index in [0.717, 1.165) is 58.3 Å². The van der Waals surface area contributed by atoms with E-state index in [2.05, 4.69) is 20.1 Å². The van der Waals surface area contributed by atoms with Crippen LogP contribution in [-0.2, 0) is 4.74 Å². The topological polar surface area (TPSA) is 49.3 Å². The van der Waals surface area contributed by atoms with Gasteiger partial charge >= 0.3 is 0 Å². The highest BCUT2D eigenvalue weighted by molar-refractivity contribution is 6.35. The van der Waals surface area contributed by atoms with Gasteiger partial charge in [0.1, 0.15) is 5.75 Å². The first-order chi connectivity index (χ1) is 13.2. The third-order valence-corrected chi connectivity index (χ3v) is 5.52. The van der Waals surface area contributed by atoms with Crippen molar-refractivity contribution in [1.29, 1.82) is 0 Å². The average molecular weight is 415 g/mol. The molecule has 6 nitrogen and oxygen atoms in total. The van der Waals surface area contributed by atoms with Crippen LogP contribution in [-0.4, -0.2) is 81.4 Å². The molecule has 1 unspecified atom stereocenters. The van der Waals surface area contributed by atoms with Crippen molar-refractivity contribution in [3.63, 3.8) is 0 Å². The van der Waals surface area contributed by atoms with Gasteiger partial charge in [-0.3, -0.25) is 9.89 Å². The van der Waals surface area contributed by atoms with Crippen LogP contribution < -0.4 is 10.1 Å². The number of aliphatic imine (C=N–C) groups is 1. The maximum Gasteiger partial charge on any atom is 0.193 e. The third kappa shape index (κ3) is 5.88. The van der Waals surface area contributed by atoms with Crippen LogP contribution in [0.5, 0.6) is 5.75 Å². The summed E-state index contributed by atoms with van der Waals surface area (Å²) in [6.07, 6.45) is 2.04. The predicted molar refractivity (Wildman–Crippen MR) is 110 cm³/mol. The van der Waals surface area contributed by atoms with Gasteiger partial charge < -0.3 is 19.7 Å². The molecule has 3 rings (SSSR count). The van der Waals surface area contributed by atoms with Crippen LogP contribution in [0.4, 0.5) is 0 Å². The fraction of sp³-hybridized carbons (Fsp3) is 0.632. The molecule has 2 saturated heterocycles. The molecule has 27 heavy (non-hydrogen) atoms. The van der Waals surface area contributed by atoms with Crippen molar-refractivity contribution in [2.24, 2.45) is 4.99 Å². The number of benzene rings is 1. The summed E-state index contributed by atoms with van der Waals surface area (Å²) in [7, 11) is 1.84. The molecule has 2 fully saturated rings. The fourth-order valence-electron chi connectivity index (χ4n) is 3.55. The van der Waals surface area contributed by atoms with Crippen LogP contribution in [0, 0.1) is 0 Å². The maximum absolute atomic E-state index is 6.12. The van der Waals surface area contributed by atoms with E-state index < -0.39 is 0 Å². The summed E-state index contributed by atoms with van der Waals surface area (Å²) in [5, 5.41) is 4.59. The number of rotatable bonds is 6. The van der Waals surface area contributed by atoms with Crippen molar-refractivity contribution in [3.8, 4) is 5.75 Å². The van der Waals surface area contributed by atoms with E-state index in [-0.39, 0.29) is 0 Å². The van der Waals surface area contributed by atoms with Crippen molar-refractivity contribution < 1.29 is 9.47 Å². The molecule has 0 spiro atoms. The van der Waals surface area contributed by atoms with Crippen LogP contribution in [0.1, 0.15) is 12.8 Å². The van der Waals surface area contributed by atoms with Gasteiger partial charge in [0.05, 0.1) is 24.8 Å². The van der Waals surface area contributed by atoms with Gasteiger partial charge in [0.15, 0.2) is 5.96 Å². The van der Waals surface area contributed by atoms with Crippen molar-refractivity contribution in [1.82, 2.24) is 15.1 Å². The molecule has 2 aliphatic heterocycles. The SMILES string of the molecule is CN=C(NCCCOc1ccc(Cl)cc1Cl)N1CCC(N2CCOCC2)C1. The molecule has 1 atom stereocenters. The quantitative estimate of drug-likeness (QED) is 0.440. The number of ether oxygens (including phenoxy) is 2. The largest absolute Gasteiger partial charge is 0.492 e. The molecule has 0 radical (unpaired) electrons. The monoisotopic (exact) mass is 414 g/mol. The molecule has 8 heteroatoms. The normalized spacial score (nSPS) is 21.5. The zero-order valence-corrected chi connectivity index (χ0v) is 17.3. The Balaban J connectivity index is 1.37. The Kier molecular flexibility index (Phi) is 7.88. The fourth-order valence-corrected chi connectivity index (χ4v) is 4.02. The first kappa shape index (κ1) is 20.5. The molecule has 1 aromatic carbocycles. The Morgan fingerprint density at radius 2 is 2.11 bits per heavy atom. The highest BCUT2D eigenvalue weighted by atomic mass is 35.5. The first-order valence-electron chi connectivity index (χ1n) is 9.52. The third-order valence-electron chi connectivity index (χ3n) is 4.99. The van der Waals surface area contributed by atoms with E-state index in [9.17, 15) is 0 Å². The molecule has 2 aliphatic rings. The lowest BCUT2D eigenvalue weighted by Crippen LogP contribution is -2.46. The van der Waals surface area contributed by atoms with E-state index in [1.165, 1.54) is 6.42 Å². The molecule has 0 saturated carbocycles. The van der Waals surface area contributed by atoms with Gasteiger partial charge in [-0.05, 0) is 31.0 Å². The van der Waals surface area contributed by atoms with Crippen molar-refractivity contribution in [3.05, 3.63) is 28.2 Å². The summed E-state index contributed by atoms with van der Waals surface area (Å²) in [4.78, 5) is 9.33. The minimum absolute atomic E-state index is 0.539. The van der Waals surface area contributed by atoms with Crippen LogP contribution in [0.25, 0.3) is 0 Å². The second-order valence-corrected chi connectivity index (χ2v) is 7.63. The Morgan fingerprint density at radius 1 is 1.30 bits per heavy atom. The number of hydrogen-bond acceptors (Lipinski definition) is 4. The van der Waals surface area contributed by atoms with E-state index in [1.807, 2.05) is 7.05 Å². The number of morpholine rings is 1. The molecular formula is C19H28Cl2N4O2. The number of likely N-dealkylation sites (tertiary alicyclic amines) is 1. The Morgan fingerprint density at radius 3 is 2.85 bits per heavy atom. The number of nitrogens with zero attached hydrogens (tertiary/aromatic N) is 3. The molecule has 2 heterocycles. The van der Waals surface area contributed by atoms with Crippen LogP contribution in [0.15, 0.2) is 23.2 Å². The van der Waals surface area contributed by atoms with Crippen molar-refractivity contribution >= 4 is 29.2 Å². The summed E-state index contributed by atoms with van der Waals surface area (Å²) in [6, 6.07) is 5.87. The number of hydrogen-bond donors (Lipinski definition) is 1. The van der Waals surface area contributed by atoms with Gasteiger partial charge in [-0.25, -0.2) is 0 Å². The van der Waals surface area contributed by atoms with Crippen molar-refractivity contribution in [2.45, 2.75) is 18.9 Å². The zero-order valence-electron chi connectivity index (χ0n) is 15.8. The predicted octanol–water partition coefficient (Wildman–Crippen LogP) is 2.74. The van der Waals surface area contributed by atoms with Gasteiger partial charge in [-0.15, -0.1) is 0 Å². The van der Waals surface area contributed by atoms with Crippen LogP contribution >= 0.6 is 23.2 Å². The summed E-state index contributed by atoms with van der Waals surface area (Å²) in [5.41, 5.74) is 0. The summed E-state index contributed by atoms with van der Waals surface area (Å²) in [6.45, 7) is 7.22. The maximum atomic E-state index is 6.12. The zero-order chi connectivity index (χ0) is 19.1. The first-order valence-corrected chi connectivity index (χ1v) is 10.3. The highest BCUT2D eigenvalue weighted by Crippen LogP contribution is 2.27. The standard InChI is InChI=1S/C19H28Cl2N4O2/c1-22-19(25-7-5-16(14-25)24-8-11-26-12-9-24)23-6-2-10-27-18-4-3-15(20)13-17(18)21/h3-4,13,16H,2,5-12,14H2,1H3,(H,22,23). The van der Waals surface area contributed by atoms with Gasteiger partial charge in [0, 0.05) is 50.8 Å². The van der Waals surface area contributed by atoms with E-state index in [1.54, 1.807) is 18.2 Å². The number of guanidine groups is 1. The van der Waals surface area contributed by atoms with Crippen molar-refractivity contribution in [2.75, 3.05) is 59.6 Å². The van der Waals surface area contributed by atoms with E-state index in [4.69, 9.17) is 32.7 Å². The van der Waals surface area contributed by atoms with Crippen LogP contribution in [0.2, 0.25) is 10.0 Å². The molecule has 1 N–H and O–H groups in total. The lowest BCUT2D eigenvalue weighted by Gasteiger charge is -2.32. The summed E-state index contributed by atoms with van der Waals surface area (Å²) in [5.74, 6) is 1.63. The van der Waals surface area contributed by atoms with Gasteiger partial charge in [0.2, 0.25) is 0 Å². The highest BCUT2D eigenvalue weighted by Gasteiger charge is 2.30. The second kappa shape index (κ2) is 10.4. The van der Waals surface area contributed by atoms with Gasteiger partial charge in [-0.1, -0.05) is 23.2 Å². The molecule has 1 aromatic rings. The molecule has 0 bridgehead atoms. The Hall–Kier alpha value is -1.21. The number of nitrogens with one attached hydrogen (secondary N) is 1. The second-order valence-electron chi connectivity index (χ2n) is 6.79. The molecule has 0 aromatic heterocycles. The molecule has 0 amide bonds. The van der Waals surface area contributed by atoms with Crippen LogP contribution in [0.3, 0.4) is 0 Å². The minimum atomic E-state index is 0.539. The Labute approximate surface area is 171 Å². The smallest absolute Gasteiger partial charge is 0.193 e. The minimum Gasteiger partial charge on any atom is -0.492 e. The number of halogens is 2. The van der Waals surface area contributed by atoms with Gasteiger partial charge in [0.25, 0.3) is 0 Å². The molecule has 150 valence electrons. The van der Waals surface area contributed by atoms with E-state index in [0.29, 0.717) is 28.4 Å². The molecule has 0 aliphatic carbocycles. The van der Waals surface area contributed by atoms with Gasteiger partial charge in [-0.2, -0.15) is 0 Å². The molecular weight excluding hydrogens is 387 g/mol. The summed E-state index contributed by atoms with van der Waals surface area (Å²) < 4.78 is 11.2.